The summed E-state index contributed by atoms with van der Waals surface area (Å²) in [5.41, 5.74) is 8.76. The van der Waals surface area contributed by atoms with E-state index in [9.17, 15) is 0 Å². The van der Waals surface area contributed by atoms with Crippen molar-refractivity contribution in [1.29, 1.82) is 0 Å². The minimum absolute atomic E-state index is 0.370. The highest BCUT2D eigenvalue weighted by atomic mass is 32.1. The number of nitrogens with one attached hydrogen (secondary N) is 1. The summed E-state index contributed by atoms with van der Waals surface area (Å²) >= 11 is 1.77. The summed E-state index contributed by atoms with van der Waals surface area (Å²) in [6, 6.07) is 52.6. The number of hydrogen-bond donors (Lipinski definition) is 1. The van der Waals surface area contributed by atoms with E-state index in [1.54, 1.807) is 11.3 Å². The normalized spacial score (nSPS) is 14.9. The van der Waals surface area contributed by atoms with Crippen molar-refractivity contribution in [3.05, 3.63) is 168 Å². The fourth-order valence-electron chi connectivity index (χ4n) is 7.48. The van der Waals surface area contributed by atoms with Gasteiger partial charge in [-0.05, 0) is 53.1 Å². The summed E-state index contributed by atoms with van der Waals surface area (Å²) in [5.74, 6) is 1.42. The SMILES string of the molecule is c1ccc(-c2ccc(C3N=C(c4ccc5c(c4)oc4ccccc45)N=C(c4cc5c6ccccc6oc5c5c4sc4ccccc45)N3)cc2)cc1. The maximum absolute atomic E-state index is 6.58. The first kappa shape index (κ1) is 28.3. The maximum atomic E-state index is 6.58. The number of thiophene rings is 1. The molecular formula is C45H27N3O2S. The highest BCUT2D eigenvalue weighted by Crippen LogP contribution is 2.44. The van der Waals surface area contributed by atoms with Crippen molar-refractivity contribution >= 4 is 87.1 Å². The van der Waals surface area contributed by atoms with Gasteiger partial charge in [0.2, 0.25) is 0 Å². The average Bonchev–Trinajstić information content (AvgIpc) is 3.89. The molecule has 1 N–H and O–H groups in total. The van der Waals surface area contributed by atoms with Crippen LogP contribution in [0.5, 0.6) is 0 Å². The van der Waals surface area contributed by atoms with E-state index in [1.807, 2.05) is 36.4 Å². The Morgan fingerprint density at radius 1 is 0.529 bits per heavy atom. The molecule has 1 aliphatic heterocycles. The van der Waals surface area contributed by atoms with Crippen LogP contribution in [0.15, 0.2) is 170 Å². The smallest absolute Gasteiger partial charge is 0.159 e. The summed E-state index contributed by atoms with van der Waals surface area (Å²) in [7, 11) is 0. The Bertz CT molecular complexity index is 3060. The Kier molecular flexibility index (Phi) is 6.12. The van der Waals surface area contributed by atoms with Gasteiger partial charge in [-0.15, -0.1) is 11.3 Å². The third-order valence-electron chi connectivity index (χ3n) is 9.96. The number of nitrogens with zero attached hydrogens (tertiary/aromatic N) is 2. The second-order valence-electron chi connectivity index (χ2n) is 13.0. The molecule has 0 bridgehead atoms. The molecule has 7 aromatic carbocycles. The Hall–Kier alpha value is -6.50. The van der Waals surface area contributed by atoms with Gasteiger partial charge in [0, 0.05) is 48.1 Å². The molecule has 0 aliphatic carbocycles. The second-order valence-corrected chi connectivity index (χ2v) is 14.0. The fourth-order valence-corrected chi connectivity index (χ4v) is 8.70. The van der Waals surface area contributed by atoms with E-state index in [4.69, 9.17) is 18.8 Å². The molecule has 10 aromatic rings. The lowest BCUT2D eigenvalue weighted by atomic mass is 10.0. The molecule has 1 aliphatic rings. The molecule has 3 aromatic heterocycles. The van der Waals surface area contributed by atoms with E-state index < -0.39 is 0 Å². The van der Waals surface area contributed by atoms with Crippen LogP contribution in [0.4, 0.5) is 0 Å². The van der Waals surface area contributed by atoms with Crippen LogP contribution in [0.2, 0.25) is 0 Å². The van der Waals surface area contributed by atoms with Crippen molar-refractivity contribution in [2.45, 2.75) is 6.17 Å². The number of furan rings is 2. The fraction of sp³-hybridized carbons (Fsp3) is 0.0222. The van der Waals surface area contributed by atoms with E-state index in [1.165, 1.54) is 15.6 Å². The zero-order chi connectivity index (χ0) is 33.5. The Morgan fingerprint density at radius 3 is 2.00 bits per heavy atom. The van der Waals surface area contributed by atoms with Gasteiger partial charge in [-0.2, -0.15) is 0 Å². The lowest BCUT2D eigenvalue weighted by Crippen LogP contribution is -2.33. The van der Waals surface area contributed by atoms with Crippen molar-refractivity contribution < 1.29 is 8.83 Å². The quantitative estimate of drug-likeness (QED) is 0.202. The summed E-state index contributed by atoms with van der Waals surface area (Å²) in [4.78, 5) is 10.6. The monoisotopic (exact) mass is 673 g/mol. The number of aliphatic imine (C=N–C) groups is 2. The van der Waals surface area contributed by atoms with Crippen molar-refractivity contribution in [1.82, 2.24) is 5.32 Å². The minimum atomic E-state index is -0.370. The molecule has 0 saturated carbocycles. The lowest BCUT2D eigenvalue weighted by Gasteiger charge is -2.24. The third-order valence-corrected chi connectivity index (χ3v) is 11.2. The van der Waals surface area contributed by atoms with Crippen LogP contribution in [0, 0.1) is 0 Å². The summed E-state index contributed by atoms with van der Waals surface area (Å²) in [6.07, 6.45) is -0.370. The molecule has 240 valence electrons. The van der Waals surface area contributed by atoms with Gasteiger partial charge in [-0.1, -0.05) is 115 Å². The summed E-state index contributed by atoms with van der Waals surface area (Å²) in [5, 5.41) is 10.4. The van der Waals surface area contributed by atoms with Crippen LogP contribution in [-0.4, -0.2) is 11.7 Å². The molecule has 0 saturated heterocycles. The van der Waals surface area contributed by atoms with E-state index in [0.29, 0.717) is 5.84 Å². The Labute approximate surface area is 295 Å². The zero-order valence-corrected chi connectivity index (χ0v) is 27.9. The predicted octanol–water partition coefficient (Wildman–Crippen LogP) is 12.0. The van der Waals surface area contributed by atoms with Gasteiger partial charge < -0.3 is 14.2 Å². The molecule has 6 heteroatoms. The second kappa shape index (κ2) is 11.0. The maximum Gasteiger partial charge on any atom is 0.159 e. The van der Waals surface area contributed by atoms with Gasteiger partial charge in [0.1, 0.15) is 34.3 Å². The Morgan fingerprint density at radius 2 is 1.18 bits per heavy atom. The van der Waals surface area contributed by atoms with Gasteiger partial charge in [0.25, 0.3) is 0 Å². The molecule has 0 spiro atoms. The number of fused-ring (bicyclic) bond motifs is 10. The van der Waals surface area contributed by atoms with Crippen LogP contribution >= 0.6 is 11.3 Å². The number of para-hydroxylation sites is 2. The molecule has 11 rings (SSSR count). The predicted molar refractivity (Wildman–Crippen MR) is 211 cm³/mol. The topological polar surface area (TPSA) is 63.0 Å². The zero-order valence-electron chi connectivity index (χ0n) is 27.1. The first-order valence-corrected chi connectivity index (χ1v) is 17.8. The van der Waals surface area contributed by atoms with E-state index in [2.05, 4.69) is 121 Å². The van der Waals surface area contributed by atoms with Gasteiger partial charge in [-0.3, -0.25) is 0 Å². The number of benzene rings is 7. The largest absolute Gasteiger partial charge is 0.456 e. The van der Waals surface area contributed by atoms with Crippen molar-refractivity contribution in [3.8, 4) is 11.1 Å². The van der Waals surface area contributed by atoms with E-state index >= 15 is 0 Å². The number of rotatable bonds is 4. The first-order chi connectivity index (χ1) is 25.2. The third kappa shape index (κ3) is 4.47. The molecule has 4 heterocycles. The minimum Gasteiger partial charge on any atom is -0.456 e. The van der Waals surface area contributed by atoms with Crippen molar-refractivity contribution in [2.75, 3.05) is 0 Å². The first-order valence-electron chi connectivity index (χ1n) is 17.0. The van der Waals surface area contributed by atoms with Crippen molar-refractivity contribution in [2.24, 2.45) is 9.98 Å². The van der Waals surface area contributed by atoms with Crippen LogP contribution < -0.4 is 5.32 Å². The molecule has 5 nitrogen and oxygen atoms in total. The Balaban J connectivity index is 1.13. The van der Waals surface area contributed by atoms with Gasteiger partial charge >= 0.3 is 0 Å². The molecule has 1 unspecified atom stereocenters. The van der Waals surface area contributed by atoms with Crippen LogP contribution in [-0.2, 0) is 0 Å². The standard InChI is InChI=1S/C45H27N3O2S/c1-2-10-26(11-3-1)27-18-20-28(21-19-27)43-46-44(29-22-23-32-30-12-4-7-15-36(30)49-38(32)24-29)48-45(47-43)35-25-34-31-13-5-8-16-37(31)50-41(34)40-33-14-6-9-17-39(33)51-42(35)40/h1-25,43H,(H,46,47,48). The molecule has 0 amide bonds. The van der Waals surface area contributed by atoms with Crippen LogP contribution in [0.25, 0.3) is 75.2 Å². The summed E-state index contributed by atoms with van der Waals surface area (Å²) in [6.45, 7) is 0. The molecule has 0 radical (unpaired) electrons. The number of hydrogen-bond acceptors (Lipinski definition) is 6. The highest BCUT2D eigenvalue weighted by Gasteiger charge is 2.26. The molecule has 0 fully saturated rings. The highest BCUT2D eigenvalue weighted by molar-refractivity contribution is 7.26. The number of amidine groups is 2. The average molecular weight is 674 g/mol. The lowest BCUT2D eigenvalue weighted by molar-refractivity contribution is 0.667. The molecule has 1 atom stereocenters. The van der Waals surface area contributed by atoms with Crippen molar-refractivity contribution in [3.63, 3.8) is 0 Å². The molecule has 51 heavy (non-hydrogen) atoms. The van der Waals surface area contributed by atoms with E-state index in [-0.39, 0.29) is 6.17 Å². The van der Waals surface area contributed by atoms with E-state index in [0.717, 1.165) is 82.1 Å². The van der Waals surface area contributed by atoms with Crippen LogP contribution in [0.3, 0.4) is 0 Å². The van der Waals surface area contributed by atoms with Gasteiger partial charge in [-0.25, -0.2) is 9.98 Å². The molecular weight excluding hydrogens is 647 g/mol. The summed E-state index contributed by atoms with van der Waals surface area (Å²) < 4.78 is 15.2. The van der Waals surface area contributed by atoms with Gasteiger partial charge in [0.15, 0.2) is 5.84 Å². The van der Waals surface area contributed by atoms with Crippen LogP contribution in [0.1, 0.15) is 22.9 Å². The van der Waals surface area contributed by atoms with Gasteiger partial charge in [0.05, 0.1) is 4.70 Å².